The van der Waals surface area contributed by atoms with E-state index in [1.807, 2.05) is 48.5 Å². The Labute approximate surface area is 165 Å². The normalized spacial score (nSPS) is 10.8. The van der Waals surface area contributed by atoms with Crippen LogP contribution in [0.15, 0.2) is 42.5 Å². The fraction of sp³-hybridized carbons (Fsp3) is 0. The Morgan fingerprint density at radius 1 is 0.586 bits per heavy atom. The van der Waals surface area contributed by atoms with Gasteiger partial charge in [-0.3, -0.25) is 0 Å². The molecule has 0 spiro atoms. The molecule has 5 heteroatoms. The molecular formula is C24H9N5. The van der Waals surface area contributed by atoms with E-state index in [2.05, 4.69) is 12.1 Å². The van der Waals surface area contributed by atoms with Crippen molar-refractivity contribution in [1.29, 1.82) is 21.0 Å². The van der Waals surface area contributed by atoms with E-state index >= 15 is 0 Å². The predicted molar refractivity (Wildman–Crippen MR) is 111 cm³/mol. The topological polar surface area (TPSA) is 121 Å². The van der Waals surface area contributed by atoms with Crippen molar-refractivity contribution >= 4 is 48.8 Å². The van der Waals surface area contributed by atoms with Crippen molar-refractivity contribution in [3.05, 3.63) is 64.7 Å². The largest absolute Gasteiger partial charge is 0.397 e. The Balaban J connectivity index is 2.35. The van der Waals surface area contributed by atoms with Gasteiger partial charge in [0.2, 0.25) is 0 Å². The second-order valence-corrected chi connectivity index (χ2v) is 6.79. The molecule has 0 fully saturated rings. The number of nitrogens with two attached hydrogens (primary N) is 1. The van der Waals surface area contributed by atoms with Crippen LogP contribution in [0.25, 0.3) is 43.1 Å². The standard InChI is InChI=1S/C24H9N5/c25-8-13-7-16-14-5-1-3-12-4-2-6-15(20(12)14)23-22(16)21(17(13)9-26)18(10-27)19(11-28)24(23)29/h1-7H,29H2. The first-order valence-corrected chi connectivity index (χ1v) is 8.75. The molecule has 0 aromatic heterocycles. The van der Waals surface area contributed by atoms with Gasteiger partial charge in [0.1, 0.15) is 24.3 Å². The lowest BCUT2D eigenvalue weighted by atomic mass is 9.83. The van der Waals surface area contributed by atoms with E-state index in [-0.39, 0.29) is 27.9 Å². The molecule has 5 nitrogen and oxygen atoms in total. The van der Waals surface area contributed by atoms with Crippen LogP contribution in [-0.2, 0) is 0 Å². The second kappa shape index (κ2) is 5.58. The maximum absolute atomic E-state index is 9.83. The first-order chi connectivity index (χ1) is 14.2. The summed E-state index contributed by atoms with van der Waals surface area (Å²) in [7, 11) is 0. The van der Waals surface area contributed by atoms with E-state index in [1.165, 1.54) is 0 Å². The van der Waals surface area contributed by atoms with Gasteiger partial charge in [0.05, 0.1) is 27.9 Å². The number of hydrogen-bond acceptors (Lipinski definition) is 5. The van der Waals surface area contributed by atoms with Crippen molar-refractivity contribution in [3.63, 3.8) is 0 Å². The van der Waals surface area contributed by atoms with Gasteiger partial charge in [0.15, 0.2) is 0 Å². The van der Waals surface area contributed by atoms with E-state index in [0.717, 1.165) is 26.9 Å². The summed E-state index contributed by atoms with van der Waals surface area (Å²) in [5, 5.41) is 45.1. The zero-order valence-electron chi connectivity index (χ0n) is 14.9. The van der Waals surface area contributed by atoms with Crippen molar-refractivity contribution in [3.8, 4) is 24.3 Å². The molecule has 29 heavy (non-hydrogen) atoms. The monoisotopic (exact) mass is 367 g/mol. The van der Waals surface area contributed by atoms with Crippen LogP contribution in [0.1, 0.15) is 22.3 Å². The number of nitrogens with zero attached hydrogens (tertiary/aromatic N) is 4. The quantitative estimate of drug-likeness (QED) is 0.239. The van der Waals surface area contributed by atoms with Crippen LogP contribution in [0, 0.1) is 45.3 Å². The fourth-order valence-corrected chi connectivity index (χ4v) is 4.41. The summed E-state index contributed by atoms with van der Waals surface area (Å²) in [6, 6.07) is 21.6. The van der Waals surface area contributed by atoms with Gasteiger partial charge < -0.3 is 5.73 Å². The molecule has 0 unspecified atom stereocenters. The van der Waals surface area contributed by atoms with E-state index in [0.29, 0.717) is 16.2 Å². The van der Waals surface area contributed by atoms with E-state index in [1.54, 1.807) is 6.07 Å². The molecule has 0 saturated carbocycles. The fourth-order valence-electron chi connectivity index (χ4n) is 4.41. The highest BCUT2D eigenvalue weighted by Gasteiger charge is 2.25. The summed E-state index contributed by atoms with van der Waals surface area (Å²) in [5.74, 6) is 0. The third-order valence-electron chi connectivity index (χ3n) is 5.54. The Morgan fingerprint density at radius 3 is 1.86 bits per heavy atom. The molecule has 5 rings (SSSR count). The number of nitrogen functional groups attached to an aromatic ring is 1. The molecule has 0 aliphatic carbocycles. The van der Waals surface area contributed by atoms with Gasteiger partial charge in [-0.05, 0) is 33.0 Å². The minimum absolute atomic E-state index is 0.0314. The number of nitriles is 4. The number of fused-ring (bicyclic) bond motifs is 2. The first-order valence-electron chi connectivity index (χ1n) is 8.75. The van der Waals surface area contributed by atoms with Crippen molar-refractivity contribution in [2.75, 3.05) is 5.73 Å². The van der Waals surface area contributed by atoms with E-state index < -0.39 is 0 Å². The summed E-state index contributed by atoms with van der Waals surface area (Å²) < 4.78 is 0. The van der Waals surface area contributed by atoms with Gasteiger partial charge in [-0.15, -0.1) is 0 Å². The lowest BCUT2D eigenvalue weighted by molar-refractivity contribution is 1.43. The average molecular weight is 367 g/mol. The molecule has 0 aliphatic heterocycles. The number of anilines is 1. The minimum Gasteiger partial charge on any atom is -0.397 e. The summed E-state index contributed by atoms with van der Waals surface area (Å²) in [6.45, 7) is 0. The Morgan fingerprint density at radius 2 is 1.24 bits per heavy atom. The number of hydrogen-bond donors (Lipinski definition) is 1. The van der Waals surface area contributed by atoms with Gasteiger partial charge in [0.25, 0.3) is 0 Å². The van der Waals surface area contributed by atoms with Crippen LogP contribution in [0.3, 0.4) is 0 Å². The molecular weight excluding hydrogens is 358 g/mol. The summed E-state index contributed by atoms with van der Waals surface area (Å²) >= 11 is 0. The summed E-state index contributed by atoms with van der Waals surface area (Å²) in [5.41, 5.74) is 6.96. The third kappa shape index (κ3) is 1.84. The van der Waals surface area contributed by atoms with Crippen molar-refractivity contribution < 1.29 is 0 Å². The molecule has 5 aromatic carbocycles. The van der Waals surface area contributed by atoms with Crippen LogP contribution in [-0.4, -0.2) is 0 Å². The van der Waals surface area contributed by atoms with E-state index in [9.17, 15) is 21.0 Å². The van der Waals surface area contributed by atoms with Crippen LogP contribution in [0.2, 0.25) is 0 Å². The number of benzene rings is 5. The summed E-state index contributed by atoms with van der Waals surface area (Å²) in [4.78, 5) is 0. The SMILES string of the molecule is N#Cc1cc2c3cccc4cccc(c5c(N)c(C#N)c(C#N)c(c1C#N)c25)c43. The van der Waals surface area contributed by atoms with Crippen LogP contribution in [0.4, 0.5) is 5.69 Å². The molecule has 2 N–H and O–H groups in total. The lowest BCUT2D eigenvalue weighted by Gasteiger charge is -2.19. The van der Waals surface area contributed by atoms with E-state index in [4.69, 9.17) is 5.73 Å². The maximum Gasteiger partial charge on any atom is 0.103 e. The lowest BCUT2D eigenvalue weighted by Crippen LogP contribution is -2.02. The third-order valence-corrected chi connectivity index (χ3v) is 5.54. The van der Waals surface area contributed by atoms with Crippen LogP contribution in [0.5, 0.6) is 0 Å². The molecule has 0 radical (unpaired) electrons. The van der Waals surface area contributed by atoms with Gasteiger partial charge in [-0.2, -0.15) is 21.0 Å². The van der Waals surface area contributed by atoms with Gasteiger partial charge in [-0.1, -0.05) is 36.4 Å². The Bertz CT molecular complexity index is 1690. The molecule has 5 aromatic rings. The van der Waals surface area contributed by atoms with Crippen molar-refractivity contribution in [2.24, 2.45) is 0 Å². The molecule has 0 aliphatic rings. The zero-order valence-corrected chi connectivity index (χ0v) is 14.9. The highest BCUT2D eigenvalue weighted by molar-refractivity contribution is 6.36. The zero-order chi connectivity index (χ0) is 20.3. The van der Waals surface area contributed by atoms with Gasteiger partial charge >= 0.3 is 0 Å². The molecule has 0 atom stereocenters. The van der Waals surface area contributed by atoms with Crippen LogP contribution < -0.4 is 5.73 Å². The van der Waals surface area contributed by atoms with Crippen molar-refractivity contribution in [2.45, 2.75) is 0 Å². The molecule has 0 heterocycles. The predicted octanol–water partition coefficient (Wildman–Crippen LogP) is 4.81. The maximum atomic E-state index is 9.83. The van der Waals surface area contributed by atoms with Crippen LogP contribution >= 0.6 is 0 Å². The van der Waals surface area contributed by atoms with Crippen molar-refractivity contribution in [1.82, 2.24) is 0 Å². The Kier molecular flexibility index (Phi) is 3.14. The number of rotatable bonds is 0. The second-order valence-electron chi connectivity index (χ2n) is 6.79. The highest BCUT2D eigenvalue weighted by Crippen LogP contribution is 2.46. The minimum atomic E-state index is 0.0314. The van der Waals surface area contributed by atoms with Gasteiger partial charge in [0, 0.05) is 16.2 Å². The molecule has 0 amide bonds. The highest BCUT2D eigenvalue weighted by atomic mass is 14.6. The average Bonchev–Trinajstić information content (AvgIpc) is 2.76. The van der Waals surface area contributed by atoms with Gasteiger partial charge in [-0.25, -0.2) is 0 Å². The summed E-state index contributed by atoms with van der Waals surface area (Å²) in [6.07, 6.45) is 0. The first kappa shape index (κ1) is 16.3. The molecule has 130 valence electrons. The Hall–Kier alpha value is -4.84. The molecule has 0 bridgehead atoms. The smallest absolute Gasteiger partial charge is 0.103 e. The molecule has 0 saturated heterocycles.